The number of fused-ring (bicyclic) bond motifs is 1. The molecule has 0 aliphatic carbocycles. The van der Waals surface area contributed by atoms with Gasteiger partial charge in [-0.15, -0.1) is 0 Å². The fourth-order valence-corrected chi connectivity index (χ4v) is 1.83. The van der Waals surface area contributed by atoms with Crippen LogP contribution in [-0.4, -0.2) is 4.98 Å². The van der Waals surface area contributed by atoms with Crippen molar-refractivity contribution in [2.45, 2.75) is 0 Å². The Labute approximate surface area is 88.9 Å². The highest BCUT2D eigenvalue weighted by atomic mass is 127. The van der Waals surface area contributed by atoms with E-state index in [1.165, 1.54) is 0 Å². The molecule has 1 aromatic carbocycles. The molecular formula is C9H4ClIN. The summed E-state index contributed by atoms with van der Waals surface area (Å²) in [6, 6.07) is 8.71. The van der Waals surface area contributed by atoms with Crippen LogP contribution >= 0.6 is 34.2 Å². The molecule has 59 valence electrons. The average Bonchev–Trinajstić information content (AvgIpc) is 2.04. The average molecular weight is 288 g/mol. The van der Waals surface area contributed by atoms with Crippen LogP contribution < -0.4 is 0 Å². The molecule has 1 radical (unpaired) electrons. The molecule has 1 aromatic heterocycles. The van der Waals surface area contributed by atoms with Gasteiger partial charge in [0.1, 0.15) is 0 Å². The minimum atomic E-state index is 0.665. The number of hydrogen-bond donors (Lipinski definition) is 0. The largest absolute Gasteiger partial charge is 0.254 e. The van der Waals surface area contributed by atoms with Gasteiger partial charge in [0.2, 0.25) is 0 Å². The van der Waals surface area contributed by atoms with E-state index in [1.54, 1.807) is 6.20 Å². The molecule has 0 aliphatic rings. The summed E-state index contributed by atoms with van der Waals surface area (Å²) in [6.07, 6.45) is 1.66. The molecule has 0 aliphatic heterocycles. The zero-order valence-corrected chi connectivity index (χ0v) is 8.93. The van der Waals surface area contributed by atoms with Crippen molar-refractivity contribution in [1.82, 2.24) is 4.98 Å². The van der Waals surface area contributed by atoms with Crippen LogP contribution in [0.5, 0.6) is 0 Å². The number of nitrogens with zero attached hydrogens (tertiary/aromatic N) is 1. The first-order valence-electron chi connectivity index (χ1n) is 3.38. The molecule has 0 bridgehead atoms. The minimum absolute atomic E-state index is 0.665. The standard InChI is InChI=1S/C9H4ClIN/c10-7-4-6-2-1-3-8(11)9(6)12-5-7/h2-5H. The van der Waals surface area contributed by atoms with Gasteiger partial charge in [0, 0.05) is 15.2 Å². The lowest BCUT2D eigenvalue weighted by Gasteiger charge is -1.98. The summed E-state index contributed by atoms with van der Waals surface area (Å²) in [6.45, 7) is 0. The van der Waals surface area contributed by atoms with Gasteiger partial charge in [-0.05, 0) is 46.9 Å². The van der Waals surface area contributed by atoms with Crippen LogP contribution in [-0.2, 0) is 0 Å². The lowest BCUT2D eigenvalue weighted by molar-refractivity contribution is 1.40. The lowest BCUT2D eigenvalue weighted by atomic mass is 10.2. The first-order chi connectivity index (χ1) is 5.77. The molecular weight excluding hydrogens is 284 g/mol. The van der Waals surface area contributed by atoms with Gasteiger partial charge >= 0.3 is 0 Å². The summed E-state index contributed by atoms with van der Waals surface area (Å²) in [5.41, 5.74) is 0.985. The molecule has 0 atom stereocenters. The van der Waals surface area contributed by atoms with Crippen molar-refractivity contribution < 1.29 is 0 Å². The fraction of sp³-hybridized carbons (Fsp3) is 0. The van der Waals surface area contributed by atoms with E-state index in [-0.39, 0.29) is 0 Å². The zero-order valence-electron chi connectivity index (χ0n) is 6.01. The van der Waals surface area contributed by atoms with Crippen molar-refractivity contribution in [2.75, 3.05) is 0 Å². The Kier molecular flexibility index (Phi) is 2.19. The molecule has 2 aromatic rings. The summed E-state index contributed by atoms with van der Waals surface area (Å²) >= 11 is 8.03. The van der Waals surface area contributed by atoms with E-state index in [2.05, 4.69) is 33.6 Å². The number of halogens is 2. The second-order valence-electron chi connectivity index (χ2n) is 2.39. The van der Waals surface area contributed by atoms with Gasteiger partial charge in [-0.3, -0.25) is 4.98 Å². The Hall–Kier alpha value is -0.350. The fourth-order valence-electron chi connectivity index (χ4n) is 1.04. The van der Waals surface area contributed by atoms with Gasteiger partial charge in [0.25, 0.3) is 0 Å². The van der Waals surface area contributed by atoms with Crippen molar-refractivity contribution >= 4 is 45.1 Å². The minimum Gasteiger partial charge on any atom is -0.254 e. The number of hydrogen-bond acceptors (Lipinski definition) is 1. The summed E-state index contributed by atoms with van der Waals surface area (Å²) in [4.78, 5) is 4.22. The predicted molar refractivity (Wildman–Crippen MR) is 58.3 cm³/mol. The van der Waals surface area contributed by atoms with Crippen LogP contribution in [0.2, 0.25) is 5.02 Å². The monoisotopic (exact) mass is 288 g/mol. The van der Waals surface area contributed by atoms with E-state index >= 15 is 0 Å². The molecule has 0 amide bonds. The third-order valence-electron chi connectivity index (χ3n) is 1.56. The highest BCUT2D eigenvalue weighted by molar-refractivity contribution is 14.1. The van der Waals surface area contributed by atoms with E-state index in [0.717, 1.165) is 14.5 Å². The van der Waals surface area contributed by atoms with E-state index in [1.807, 2.05) is 18.2 Å². The Morgan fingerprint density at radius 3 is 3.08 bits per heavy atom. The van der Waals surface area contributed by atoms with Gasteiger partial charge < -0.3 is 0 Å². The quantitative estimate of drug-likeness (QED) is 0.678. The third kappa shape index (κ3) is 1.41. The summed E-state index contributed by atoms with van der Waals surface area (Å²) in [5.74, 6) is 0. The highest BCUT2D eigenvalue weighted by Crippen LogP contribution is 2.20. The SMILES string of the molecule is Clc1cnc2c(I)c[c]cc2c1. The molecule has 2 rings (SSSR count). The van der Waals surface area contributed by atoms with E-state index in [0.29, 0.717) is 5.02 Å². The Morgan fingerprint density at radius 1 is 1.42 bits per heavy atom. The van der Waals surface area contributed by atoms with Gasteiger partial charge in [-0.1, -0.05) is 11.6 Å². The second-order valence-corrected chi connectivity index (χ2v) is 3.99. The van der Waals surface area contributed by atoms with Gasteiger partial charge in [0.05, 0.1) is 10.5 Å². The maximum absolute atomic E-state index is 5.79. The van der Waals surface area contributed by atoms with Gasteiger partial charge in [0.15, 0.2) is 0 Å². The highest BCUT2D eigenvalue weighted by Gasteiger charge is 1.98. The Morgan fingerprint density at radius 2 is 2.25 bits per heavy atom. The Bertz CT molecular complexity index is 428. The number of rotatable bonds is 0. The molecule has 0 spiro atoms. The summed E-state index contributed by atoms with van der Waals surface area (Å²) < 4.78 is 1.10. The summed E-state index contributed by atoms with van der Waals surface area (Å²) in [7, 11) is 0. The zero-order chi connectivity index (χ0) is 8.55. The molecule has 12 heavy (non-hydrogen) atoms. The van der Waals surface area contributed by atoms with Crippen LogP contribution in [0.4, 0.5) is 0 Å². The van der Waals surface area contributed by atoms with Crippen molar-refractivity contribution in [1.29, 1.82) is 0 Å². The molecule has 0 saturated carbocycles. The number of aromatic nitrogens is 1. The molecule has 3 heteroatoms. The molecule has 0 fully saturated rings. The lowest BCUT2D eigenvalue weighted by Crippen LogP contribution is -1.81. The normalized spacial score (nSPS) is 10.5. The maximum Gasteiger partial charge on any atom is 0.0836 e. The number of pyridine rings is 1. The van der Waals surface area contributed by atoms with Gasteiger partial charge in [-0.2, -0.15) is 0 Å². The van der Waals surface area contributed by atoms with E-state index < -0.39 is 0 Å². The van der Waals surface area contributed by atoms with Crippen LogP contribution in [0.15, 0.2) is 24.4 Å². The Balaban J connectivity index is 2.86. The van der Waals surface area contributed by atoms with Crippen molar-refractivity contribution in [2.24, 2.45) is 0 Å². The van der Waals surface area contributed by atoms with Crippen LogP contribution in [0.3, 0.4) is 0 Å². The van der Waals surface area contributed by atoms with Crippen molar-refractivity contribution in [3.63, 3.8) is 0 Å². The molecule has 0 N–H and O–H groups in total. The molecule has 1 nitrogen and oxygen atoms in total. The first-order valence-corrected chi connectivity index (χ1v) is 4.84. The molecule has 0 saturated heterocycles. The smallest absolute Gasteiger partial charge is 0.0836 e. The van der Waals surface area contributed by atoms with Crippen molar-refractivity contribution in [3.8, 4) is 0 Å². The molecule has 1 heterocycles. The van der Waals surface area contributed by atoms with E-state index in [9.17, 15) is 0 Å². The third-order valence-corrected chi connectivity index (χ3v) is 2.59. The van der Waals surface area contributed by atoms with Crippen LogP contribution in [0.25, 0.3) is 10.9 Å². The van der Waals surface area contributed by atoms with Crippen LogP contribution in [0.1, 0.15) is 0 Å². The van der Waals surface area contributed by atoms with Gasteiger partial charge in [-0.25, -0.2) is 0 Å². The maximum atomic E-state index is 5.79. The summed E-state index contributed by atoms with van der Waals surface area (Å²) in [5, 5.41) is 1.70. The van der Waals surface area contributed by atoms with E-state index in [4.69, 9.17) is 11.6 Å². The molecule has 0 unspecified atom stereocenters. The second kappa shape index (κ2) is 3.18. The number of benzene rings is 1. The topological polar surface area (TPSA) is 12.9 Å². The van der Waals surface area contributed by atoms with Crippen LogP contribution in [0, 0.1) is 9.64 Å². The van der Waals surface area contributed by atoms with Crippen molar-refractivity contribution in [3.05, 3.63) is 39.1 Å². The predicted octanol–water partition coefficient (Wildman–Crippen LogP) is 3.29. The first kappa shape index (κ1) is 8.26.